The minimum Gasteiger partial charge on any atom is -0.384 e. The summed E-state index contributed by atoms with van der Waals surface area (Å²) >= 11 is 1.53. The minimum atomic E-state index is -4.74. The summed E-state index contributed by atoms with van der Waals surface area (Å²) in [5, 5.41) is 10.1. The van der Waals surface area contributed by atoms with Gasteiger partial charge in [-0.05, 0) is 41.6 Å². The molecule has 0 radical (unpaired) electrons. The highest BCUT2D eigenvalue weighted by Gasteiger charge is 2.34. The number of hydrogen-bond donors (Lipinski definition) is 1. The van der Waals surface area contributed by atoms with Gasteiger partial charge in [0, 0.05) is 4.90 Å². The van der Waals surface area contributed by atoms with Gasteiger partial charge in [0.15, 0.2) is 0 Å². The molecule has 0 aliphatic carbocycles. The van der Waals surface area contributed by atoms with E-state index in [0.717, 1.165) is 17.0 Å². The Hall–Kier alpha value is -1.53. The lowest BCUT2D eigenvalue weighted by Gasteiger charge is -2.14. The van der Waals surface area contributed by atoms with Gasteiger partial charge in [-0.2, -0.15) is 13.2 Å². The van der Waals surface area contributed by atoms with E-state index in [9.17, 15) is 22.7 Å². The topological polar surface area (TPSA) is 20.2 Å². The van der Waals surface area contributed by atoms with Crippen LogP contribution in [0.3, 0.4) is 0 Å². The third-order valence-electron chi connectivity index (χ3n) is 3.05. The van der Waals surface area contributed by atoms with E-state index in [1.54, 1.807) is 24.3 Å². The molecule has 0 aliphatic rings. The Kier molecular flexibility index (Phi) is 4.58. The van der Waals surface area contributed by atoms with Gasteiger partial charge in [0.05, 0.1) is 5.56 Å². The summed E-state index contributed by atoms with van der Waals surface area (Å²) in [5.41, 5.74) is -0.763. The standard InChI is InChI=1S/C15H12F4OS/c1-21-11-5-2-9(3-6-11)14(20)10-4-7-12(13(16)8-10)15(17,18)19/h2-8,14,20H,1H3. The van der Waals surface area contributed by atoms with Crippen LogP contribution in [0.15, 0.2) is 47.4 Å². The zero-order valence-corrected chi connectivity index (χ0v) is 11.8. The van der Waals surface area contributed by atoms with Gasteiger partial charge in [-0.25, -0.2) is 4.39 Å². The van der Waals surface area contributed by atoms with E-state index in [4.69, 9.17) is 0 Å². The molecule has 2 aromatic rings. The van der Waals surface area contributed by atoms with Gasteiger partial charge in [-0.1, -0.05) is 18.2 Å². The van der Waals surface area contributed by atoms with Crippen molar-refractivity contribution in [3.05, 3.63) is 65.0 Å². The van der Waals surface area contributed by atoms with Crippen LogP contribution in [-0.2, 0) is 6.18 Å². The Balaban J connectivity index is 2.30. The average molecular weight is 316 g/mol. The van der Waals surface area contributed by atoms with Crippen molar-refractivity contribution >= 4 is 11.8 Å². The molecule has 1 N–H and O–H groups in total. The number of halogens is 4. The lowest BCUT2D eigenvalue weighted by Crippen LogP contribution is -2.09. The molecule has 0 aromatic heterocycles. The molecule has 0 spiro atoms. The molecule has 0 bridgehead atoms. The molecule has 2 rings (SSSR count). The summed E-state index contributed by atoms with van der Waals surface area (Å²) in [6.45, 7) is 0. The molecule has 2 aromatic carbocycles. The van der Waals surface area contributed by atoms with Crippen molar-refractivity contribution in [3.63, 3.8) is 0 Å². The number of alkyl halides is 3. The summed E-state index contributed by atoms with van der Waals surface area (Å²) in [4.78, 5) is 0.990. The molecule has 21 heavy (non-hydrogen) atoms. The van der Waals surface area contributed by atoms with Gasteiger partial charge in [0.25, 0.3) is 0 Å². The van der Waals surface area contributed by atoms with Gasteiger partial charge in [-0.3, -0.25) is 0 Å². The smallest absolute Gasteiger partial charge is 0.384 e. The zero-order chi connectivity index (χ0) is 15.6. The van der Waals surface area contributed by atoms with Crippen LogP contribution in [0.4, 0.5) is 17.6 Å². The predicted molar refractivity (Wildman–Crippen MR) is 73.7 cm³/mol. The Morgan fingerprint density at radius 3 is 2.05 bits per heavy atom. The van der Waals surface area contributed by atoms with Crippen molar-refractivity contribution in [3.8, 4) is 0 Å². The largest absolute Gasteiger partial charge is 0.419 e. The fraction of sp³-hybridized carbons (Fsp3) is 0.200. The highest BCUT2D eigenvalue weighted by Crippen LogP contribution is 2.33. The van der Waals surface area contributed by atoms with E-state index in [-0.39, 0.29) is 5.56 Å². The van der Waals surface area contributed by atoms with Crippen molar-refractivity contribution in [1.29, 1.82) is 0 Å². The first-order valence-corrected chi connectivity index (χ1v) is 7.24. The van der Waals surface area contributed by atoms with E-state index >= 15 is 0 Å². The third-order valence-corrected chi connectivity index (χ3v) is 3.79. The fourth-order valence-corrected chi connectivity index (χ4v) is 2.32. The molecule has 0 saturated carbocycles. The molecule has 0 saturated heterocycles. The highest BCUT2D eigenvalue weighted by atomic mass is 32.2. The Morgan fingerprint density at radius 2 is 1.57 bits per heavy atom. The molecule has 6 heteroatoms. The summed E-state index contributed by atoms with van der Waals surface area (Å²) < 4.78 is 51.0. The van der Waals surface area contributed by atoms with Gasteiger partial charge in [0.1, 0.15) is 11.9 Å². The molecule has 0 fully saturated rings. The van der Waals surface area contributed by atoms with Crippen LogP contribution in [0.1, 0.15) is 22.8 Å². The van der Waals surface area contributed by atoms with Crippen molar-refractivity contribution in [1.82, 2.24) is 0 Å². The Morgan fingerprint density at radius 1 is 1.00 bits per heavy atom. The number of rotatable bonds is 3. The SMILES string of the molecule is CSc1ccc(C(O)c2ccc(C(F)(F)F)c(F)c2)cc1. The van der Waals surface area contributed by atoms with E-state index < -0.39 is 23.7 Å². The summed E-state index contributed by atoms with van der Waals surface area (Å²) in [5.74, 6) is -1.39. The van der Waals surface area contributed by atoms with E-state index in [0.29, 0.717) is 11.6 Å². The van der Waals surface area contributed by atoms with Crippen LogP contribution in [0, 0.1) is 5.82 Å². The molecule has 1 atom stereocenters. The van der Waals surface area contributed by atoms with Crippen LogP contribution in [0.5, 0.6) is 0 Å². The first-order valence-electron chi connectivity index (χ1n) is 6.01. The quantitative estimate of drug-likeness (QED) is 0.657. The number of aliphatic hydroxyl groups is 1. The van der Waals surface area contributed by atoms with Crippen LogP contribution in [0.25, 0.3) is 0 Å². The van der Waals surface area contributed by atoms with Crippen LogP contribution in [-0.4, -0.2) is 11.4 Å². The summed E-state index contributed by atoms with van der Waals surface area (Å²) in [6, 6.07) is 9.32. The van der Waals surface area contributed by atoms with Gasteiger partial charge in [-0.15, -0.1) is 11.8 Å². The van der Waals surface area contributed by atoms with Crippen molar-refractivity contribution in [2.24, 2.45) is 0 Å². The molecule has 1 nitrogen and oxygen atoms in total. The second-order valence-corrected chi connectivity index (χ2v) is 5.29. The molecule has 0 heterocycles. The van der Waals surface area contributed by atoms with Crippen LogP contribution < -0.4 is 0 Å². The van der Waals surface area contributed by atoms with Crippen LogP contribution in [0.2, 0.25) is 0 Å². The van der Waals surface area contributed by atoms with E-state index in [2.05, 4.69) is 0 Å². The predicted octanol–water partition coefficient (Wildman–Crippen LogP) is 4.65. The first-order chi connectivity index (χ1) is 9.82. The maximum atomic E-state index is 13.5. The number of thioether (sulfide) groups is 1. The number of benzene rings is 2. The van der Waals surface area contributed by atoms with Crippen LogP contribution >= 0.6 is 11.8 Å². The highest BCUT2D eigenvalue weighted by molar-refractivity contribution is 7.98. The molecular formula is C15H12F4OS. The average Bonchev–Trinajstić information content (AvgIpc) is 2.45. The van der Waals surface area contributed by atoms with E-state index in [1.807, 2.05) is 6.26 Å². The number of hydrogen-bond acceptors (Lipinski definition) is 2. The summed E-state index contributed by atoms with van der Waals surface area (Å²) in [7, 11) is 0. The van der Waals surface area contributed by atoms with Crippen molar-refractivity contribution in [2.75, 3.05) is 6.26 Å². The maximum Gasteiger partial charge on any atom is 0.419 e. The minimum absolute atomic E-state index is 0.0809. The van der Waals surface area contributed by atoms with Crippen molar-refractivity contribution < 1.29 is 22.7 Å². The molecular weight excluding hydrogens is 304 g/mol. The second-order valence-electron chi connectivity index (χ2n) is 4.41. The zero-order valence-electron chi connectivity index (χ0n) is 11.0. The van der Waals surface area contributed by atoms with E-state index in [1.165, 1.54) is 11.8 Å². The molecule has 112 valence electrons. The second kappa shape index (κ2) is 6.07. The normalized spacial score (nSPS) is 13.2. The number of aliphatic hydroxyl groups excluding tert-OH is 1. The molecule has 0 amide bonds. The lowest BCUT2D eigenvalue weighted by molar-refractivity contribution is -0.140. The Bertz CT molecular complexity index is 623. The molecule has 1 unspecified atom stereocenters. The first kappa shape index (κ1) is 15.9. The summed E-state index contributed by atoms with van der Waals surface area (Å²) in [6.07, 6.45) is -4.01. The Labute approximate surface area is 123 Å². The molecule has 0 aliphatic heterocycles. The monoisotopic (exact) mass is 316 g/mol. The lowest BCUT2D eigenvalue weighted by atomic mass is 10.00. The maximum absolute atomic E-state index is 13.5. The third kappa shape index (κ3) is 3.57. The van der Waals surface area contributed by atoms with Gasteiger partial charge < -0.3 is 5.11 Å². The van der Waals surface area contributed by atoms with Crippen molar-refractivity contribution in [2.45, 2.75) is 17.2 Å². The van der Waals surface area contributed by atoms with Gasteiger partial charge >= 0.3 is 6.18 Å². The fourth-order valence-electron chi connectivity index (χ4n) is 1.91. The van der Waals surface area contributed by atoms with Gasteiger partial charge in [0.2, 0.25) is 0 Å².